The monoisotopic (exact) mass is 451 g/mol. The van der Waals surface area contributed by atoms with Gasteiger partial charge in [-0.2, -0.15) is 0 Å². The van der Waals surface area contributed by atoms with Crippen molar-refractivity contribution in [3.63, 3.8) is 0 Å². The van der Waals surface area contributed by atoms with Gasteiger partial charge < -0.3 is 15.2 Å². The van der Waals surface area contributed by atoms with E-state index in [4.69, 9.17) is 11.6 Å². The number of carbonyl (C=O) groups excluding carboxylic acids is 2. The number of aromatic amines is 1. The summed E-state index contributed by atoms with van der Waals surface area (Å²) < 4.78 is 0. The molecule has 2 aromatic carbocycles. The molecule has 0 spiro atoms. The van der Waals surface area contributed by atoms with E-state index in [1.807, 2.05) is 60.1 Å². The number of aromatic nitrogens is 1. The van der Waals surface area contributed by atoms with Gasteiger partial charge in [0.25, 0.3) is 5.91 Å². The van der Waals surface area contributed by atoms with Crippen molar-refractivity contribution in [2.24, 2.45) is 0 Å². The Kier molecular flexibility index (Phi) is 6.39. The average Bonchev–Trinajstić information content (AvgIpc) is 3.43. The number of halogens is 1. The van der Waals surface area contributed by atoms with Gasteiger partial charge in [0.1, 0.15) is 6.04 Å². The quantitative estimate of drug-likeness (QED) is 0.420. The lowest BCUT2D eigenvalue weighted by Gasteiger charge is -2.25. The van der Waals surface area contributed by atoms with Crippen molar-refractivity contribution < 1.29 is 9.59 Å². The number of carbonyl (C=O) groups is 2. The van der Waals surface area contributed by atoms with E-state index in [1.165, 1.54) is 11.3 Å². The molecule has 4 rings (SSSR count). The van der Waals surface area contributed by atoms with Crippen LogP contribution in [-0.2, 0) is 17.8 Å². The molecule has 1 atom stereocenters. The average molecular weight is 452 g/mol. The van der Waals surface area contributed by atoms with Crippen LogP contribution in [0.1, 0.15) is 20.8 Å². The van der Waals surface area contributed by atoms with Gasteiger partial charge in [-0.15, -0.1) is 11.3 Å². The number of nitrogens with zero attached hydrogens (tertiary/aromatic N) is 1. The minimum absolute atomic E-state index is 0.157. The number of nitrogens with one attached hydrogen (secondary N) is 2. The Morgan fingerprint density at radius 3 is 2.74 bits per heavy atom. The molecule has 0 aliphatic rings. The lowest BCUT2D eigenvalue weighted by molar-refractivity contribution is -0.132. The van der Waals surface area contributed by atoms with E-state index in [0.29, 0.717) is 22.9 Å². The number of rotatable bonds is 7. The fourth-order valence-corrected chi connectivity index (χ4v) is 4.45. The molecule has 0 aliphatic heterocycles. The molecule has 31 heavy (non-hydrogen) atoms. The zero-order chi connectivity index (χ0) is 21.8. The van der Waals surface area contributed by atoms with E-state index < -0.39 is 6.04 Å². The third-order valence-corrected chi connectivity index (χ3v) is 6.24. The zero-order valence-corrected chi connectivity index (χ0v) is 18.5. The molecule has 7 heteroatoms. The molecule has 2 aromatic heterocycles. The van der Waals surface area contributed by atoms with Crippen LogP contribution in [0.4, 0.5) is 0 Å². The molecule has 2 heterocycles. The number of benzene rings is 2. The van der Waals surface area contributed by atoms with Gasteiger partial charge >= 0.3 is 0 Å². The zero-order valence-electron chi connectivity index (χ0n) is 17.0. The first kappa shape index (κ1) is 21.2. The molecule has 0 fully saturated rings. The number of amides is 2. The first-order valence-electron chi connectivity index (χ1n) is 9.90. The topological polar surface area (TPSA) is 65.2 Å². The van der Waals surface area contributed by atoms with Gasteiger partial charge in [0.15, 0.2) is 0 Å². The Morgan fingerprint density at radius 1 is 1.13 bits per heavy atom. The van der Waals surface area contributed by atoms with Crippen molar-refractivity contribution in [2.75, 3.05) is 7.05 Å². The Morgan fingerprint density at radius 2 is 1.97 bits per heavy atom. The molecule has 0 bridgehead atoms. The second-order valence-corrected chi connectivity index (χ2v) is 8.78. The lowest BCUT2D eigenvalue weighted by Crippen LogP contribution is -2.48. The normalized spacial score (nSPS) is 11.9. The van der Waals surface area contributed by atoms with E-state index in [0.717, 1.165) is 22.0 Å². The van der Waals surface area contributed by atoms with Crippen LogP contribution in [0.2, 0.25) is 5.02 Å². The summed E-state index contributed by atoms with van der Waals surface area (Å²) in [4.78, 5) is 31.6. The number of fused-ring (bicyclic) bond motifs is 1. The summed E-state index contributed by atoms with van der Waals surface area (Å²) in [6, 6.07) is 18.2. The van der Waals surface area contributed by atoms with Crippen LogP contribution in [0.3, 0.4) is 0 Å². The molecule has 0 unspecified atom stereocenters. The lowest BCUT2D eigenvalue weighted by atomic mass is 10.0. The Labute approximate surface area is 189 Å². The molecule has 0 aliphatic carbocycles. The van der Waals surface area contributed by atoms with Gasteiger partial charge in [0.05, 0.1) is 4.88 Å². The highest BCUT2D eigenvalue weighted by molar-refractivity contribution is 7.12. The first-order valence-corrected chi connectivity index (χ1v) is 11.2. The van der Waals surface area contributed by atoms with Crippen LogP contribution in [0.5, 0.6) is 0 Å². The second-order valence-electron chi connectivity index (χ2n) is 7.39. The van der Waals surface area contributed by atoms with Gasteiger partial charge in [-0.1, -0.05) is 48.0 Å². The Bertz CT molecular complexity index is 1200. The summed E-state index contributed by atoms with van der Waals surface area (Å²) in [5, 5.41) is 6.45. The molecule has 0 saturated heterocycles. The molecular weight excluding hydrogens is 430 g/mol. The van der Waals surface area contributed by atoms with Gasteiger partial charge in [-0.05, 0) is 40.8 Å². The summed E-state index contributed by atoms with van der Waals surface area (Å²) in [6.07, 6.45) is 2.29. The molecule has 0 radical (unpaired) electrons. The number of thiophene rings is 1. The molecule has 4 aromatic rings. The minimum Gasteiger partial charge on any atom is -0.361 e. The summed E-state index contributed by atoms with van der Waals surface area (Å²) >= 11 is 7.43. The largest absolute Gasteiger partial charge is 0.361 e. The number of likely N-dealkylation sites (N-methyl/N-ethyl adjacent to an activating group) is 1. The predicted molar refractivity (Wildman–Crippen MR) is 126 cm³/mol. The van der Waals surface area contributed by atoms with Crippen LogP contribution >= 0.6 is 22.9 Å². The summed E-state index contributed by atoms with van der Waals surface area (Å²) in [5.74, 6) is -0.403. The van der Waals surface area contributed by atoms with Gasteiger partial charge in [0.2, 0.25) is 5.91 Å². The SMILES string of the molecule is CN(Cc1cccc(Cl)c1)C(=O)[C@H](Cc1c[nH]c2ccccc12)NC(=O)c1cccs1. The van der Waals surface area contributed by atoms with Crippen LogP contribution in [0.25, 0.3) is 10.9 Å². The molecule has 2 amide bonds. The summed E-state index contributed by atoms with van der Waals surface area (Å²) in [5.41, 5.74) is 2.91. The maximum atomic E-state index is 13.4. The van der Waals surface area contributed by atoms with Crippen LogP contribution in [0, 0.1) is 0 Å². The van der Waals surface area contributed by atoms with Crippen molar-refractivity contribution in [3.8, 4) is 0 Å². The fourth-order valence-electron chi connectivity index (χ4n) is 3.61. The highest BCUT2D eigenvalue weighted by Gasteiger charge is 2.26. The molecule has 5 nitrogen and oxygen atoms in total. The minimum atomic E-state index is -0.696. The van der Waals surface area contributed by atoms with E-state index in [1.54, 1.807) is 24.1 Å². The summed E-state index contributed by atoms with van der Waals surface area (Å²) in [6.45, 7) is 0.401. The number of para-hydroxylation sites is 1. The third-order valence-electron chi connectivity index (χ3n) is 5.13. The predicted octanol–water partition coefficient (Wildman–Crippen LogP) is 4.88. The molecule has 158 valence electrons. The van der Waals surface area contributed by atoms with E-state index in [-0.39, 0.29) is 11.8 Å². The van der Waals surface area contributed by atoms with Crippen molar-refractivity contribution in [3.05, 3.63) is 93.3 Å². The van der Waals surface area contributed by atoms with Gasteiger partial charge in [0, 0.05) is 42.1 Å². The highest BCUT2D eigenvalue weighted by atomic mass is 35.5. The molecule has 2 N–H and O–H groups in total. The number of hydrogen-bond donors (Lipinski definition) is 2. The number of H-pyrrole nitrogens is 1. The Balaban J connectivity index is 1.57. The van der Waals surface area contributed by atoms with Gasteiger partial charge in [-0.25, -0.2) is 0 Å². The van der Waals surface area contributed by atoms with Gasteiger partial charge in [-0.3, -0.25) is 9.59 Å². The maximum absolute atomic E-state index is 13.4. The highest BCUT2D eigenvalue weighted by Crippen LogP contribution is 2.20. The van der Waals surface area contributed by atoms with Crippen molar-refractivity contribution in [1.29, 1.82) is 0 Å². The maximum Gasteiger partial charge on any atom is 0.262 e. The molecular formula is C24H22ClN3O2S. The first-order chi connectivity index (χ1) is 15.0. The van der Waals surface area contributed by atoms with E-state index >= 15 is 0 Å². The van der Waals surface area contributed by atoms with E-state index in [2.05, 4.69) is 10.3 Å². The van der Waals surface area contributed by atoms with Crippen molar-refractivity contribution in [1.82, 2.24) is 15.2 Å². The van der Waals surface area contributed by atoms with E-state index in [9.17, 15) is 9.59 Å². The van der Waals surface area contributed by atoms with Crippen molar-refractivity contribution >= 4 is 45.7 Å². The fraction of sp³-hybridized carbons (Fsp3) is 0.167. The second kappa shape index (κ2) is 9.37. The van der Waals surface area contributed by atoms with Crippen LogP contribution in [-0.4, -0.2) is 34.8 Å². The Hall–Kier alpha value is -3.09. The van der Waals surface area contributed by atoms with Crippen molar-refractivity contribution in [2.45, 2.75) is 19.0 Å². The number of hydrogen-bond acceptors (Lipinski definition) is 3. The van der Waals surface area contributed by atoms with Crippen LogP contribution < -0.4 is 5.32 Å². The standard InChI is InChI=1S/C24H22ClN3O2S/c1-28(15-16-6-4-7-18(25)12-16)24(30)21(27-23(29)22-10-5-11-31-22)13-17-14-26-20-9-3-2-8-19(17)20/h2-12,14,21,26H,13,15H2,1H3,(H,27,29)/t21-/m0/s1. The third kappa shape index (κ3) is 4.98. The molecule has 0 saturated carbocycles. The smallest absolute Gasteiger partial charge is 0.262 e. The van der Waals surface area contributed by atoms with Crippen LogP contribution in [0.15, 0.2) is 72.2 Å². The summed E-state index contributed by atoms with van der Waals surface area (Å²) in [7, 11) is 1.74.